The fourth-order valence-electron chi connectivity index (χ4n) is 0.519. The lowest BCUT2D eigenvalue weighted by molar-refractivity contribution is -0.211. The number of halogens is 4. The van der Waals surface area contributed by atoms with Gasteiger partial charge in [-0.1, -0.05) is 13.8 Å². The first kappa shape index (κ1) is 13.0. The molecule has 0 amide bonds. The molecule has 0 saturated carbocycles. The Morgan fingerprint density at radius 1 is 1.23 bits per heavy atom. The summed E-state index contributed by atoms with van der Waals surface area (Å²) in [6.45, 7) is 1.88. The van der Waals surface area contributed by atoms with Crippen molar-refractivity contribution in [2.24, 2.45) is 5.41 Å². The molecule has 13 heavy (non-hydrogen) atoms. The minimum Gasteiger partial charge on any atom is -0.212 e. The van der Waals surface area contributed by atoms with Crippen LogP contribution in [0, 0.1) is 5.41 Å². The molecular formula is C6H10ClF3O2S. The Labute approximate surface area is 79.5 Å². The highest BCUT2D eigenvalue weighted by Crippen LogP contribution is 2.40. The number of hydrogen-bond acceptors (Lipinski definition) is 2. The summed E-state index contributed by atoms with van der Waals surface area (Å²) in [6.07, 6.45) is -4.93. The van der Waals surface area contributed by atoms with Crippen molar-refractivity contribution in [3.05, 3.63) is 0 Å². The predicted octanol–water partition coefficient (Wildman–Crippen LogP) is 2.53. The fraction of sp³-hybridized carbons (Fsp3) is 1.00. The van der Waals surface area contributed by atoms with Crippen molar-refractivity contribution in [1.82, 2.24) is 0 Å². The molecule has 0 bridgehead atoms. The van der Waals surface area contributed by atoms with Gasteiger partial charge in [-0.15, -0.1) is 0 Å². The van der Waals surface area contributed by atoms with Gasteiger partial charge in [0.05, 0.1) is 11.2 Å². The average molecular weight is 239 g/mol. The predicted molar refractivity (Wildman–Crippen MR) is 44.1 cm³/mol. The summed E-state index contributed by atoms with van der Waals surface area (Å²) in [5, 5.41) is 0. The van der Waals surface area contributed by atoms with E-state index in [1.807, 2.05) is 0 Å². The van der Waals surface area contributed by atoms with Gasteiger partial charge < -0.3 is 0 Å². The molecule has 0 unspecified atom stereocenters. The van der Waals surface area contributed by atoms with Crippen LogP contribution in [-0.4, -0.2) is 20.3 Å². The van der Waals surface area contributed by atoms with Crippen LogP contribution in [0.15, 0.2) is 0 Å². The van der Waals surface area contributed by atoms with E-state index in [1.165, 1.54) is 0 Å². The van der Waals surface area contributed by atoms with E-state index in [1.54, 1.807) is 0 Å². The van der Waals surface area contributed by atoms with Crippen LogP contribution in [0.4, 0.5) is 13.2 Å². The molecule has 80 valence electrons. The summed E-state index contributed by atoms with van der Waals surface area (Å²) in [7, 11) is 0.949. The molecule has 0 aliphatic rings. The average Bonchev–Trinajstić information content (AvgIpc) is 1.79. The molecule has 0 aliphatic heterocycles. The number of hydrogen-bond donors (Lipinski definition) is 0. The van der Waals surface area contributed by atoms with Gasteiger partial charge in [-0.25, -0.2) is 8.42 Å². The summed E-state index contributed by atoms with van der Waals surface area (Å²) in [4.78, 5) is 0. The maximum atomic E-state index is 12.2. The SMILES string of the molecule is CC(C)(CCS(=O)(=O)Cl)C(F)(F)F. The van der Waals surface area contributed by atoms with Crippen LogP contribution >= 0.6 is 10.7 Å². The molecule has 0 atom stereocenters. The van der Waals surface area contributed by atoms with Crippen molar-refractivity contribution in [1.29, 1.82) is 0 Å². The molecule has 0 radical (unpaired) electrons. The molecule has 0 aliphatic carbocycles. The van der Waals surface area contributed by atoms with E-state index in [2.05, 4.69) is 0 Å². The lowest BCUT2D eigenvalue weighted by Crippen LogP contribution is -2.33. The van der Waals surface area contributed by atoms with E-state index in [-0.39, 0.29) is 0 Å². The molecule has 0 aromatic carbocycles. The molecule has 0 rings (SSSR count). The van der Waals surface area contributed by atoms with Gasteiger partial charge in [0, 0.05) is 10.7 Å². The first-order chi connectivity index (χ1) is 5.46. The van der Waals surface area contributed by atoms with E-state index >= 15 is 0 Å². The van der Waals surface area contributed by atoms with E-state index < -0.39 is 32.8 Å². The second-order valence-corrected chi connectivity index (χ2v) is 6.27. The van der Waals surface area contributed by atoms with Crippen LogP contribution in [-0.2, 0) is 9.05 Å². The lowest BCUT2D eigenvalue weighted by Gasteiger charge is -2.26. The van der Waals surface area contributed by atoms with Crippen molar-refractivity contribution < 1.29 is 21.6 Å². The second kappa shape index (κ2) is 3.65. The van der Waals surface area contributed by atoms with Crippen molar-refractivity contribution in [3.63, 3.8) is 0 Å². The molecule has 0 heterocycles. The number of rotatable bonds is 3. The Kier molecular flexibility index (Phi) is 3.66. The Hall–Kier alpha value is 0.0300. The van der Waals surface area contributed by atoms with Gasteiger partial charge in [0.15, 0.2) is 0 Å². The summed E-state index contributed by atoms with van der Waals surface area (Å²) in [6, 6.07) is 0. The fourth-order valence-corrected chi connectivity index (χ4v) is 1.50. The molecule has 2 nitrogen and oxygen atoms in total. The van der Waals surface area contributed by atoms with Gasteiger partial charge in [-0.2, -0.15) is 13.2 Å². The number of alkyl halides is 3. The molecule has 0 fully saturated rings. The van der Waals surface area contributed by atoms with E-state index in [0.29, 0.717) is 0 Å². The smallest absolute Gasteiger partial charge is 0.212 e. The highest BCUT2D eigenvalue weighted by molar-refractivity contribution is 8.13. The van der Waals surface area contributed by atoms with Crippen molar-refractivity contribution in [2.45, 2.75) is 26.4 Å². The van der Waals surface area contributed by atoms with Crippen molar-refractivity contribution in [3.8, 4) is 0 Å². The third kappa shape index (κ3) is 4.71. The van der Waals surface area contributed by atoms with Gasteiger partial charge >= 0.3 is 6.18 Å². The zero-order valence-electron chi connectivity index (χ0n) is 7.15. The van der Waals surface area contributed by atoms with Crippen molar-refractivity contribution in [2.75, 3.05) is 5.75 Å². The van der Waals surface area contributed by atoms with Crippen LogP contribution in [0.2, 0.25) is 0 Å². The maximum Gasteiger partial charge on any atom is 0.394 e. The lowest BCUT2D eigenvalue weighted by atomic mass is 9.90. The Balaban J connectivity index is 4.38. The zero-order chi connectivity index (χ0) is 10.9. The van der Waals surface area contributed by atoms with Gasteiger partial charge in [-0.05, 0) is 6.42 Å². The molecule has 0 aromatic heterocycles. The van der Waals surface area contributed by atoms with Crippen LogP contribution in [0.5, 0.6) is 0 Å². The van der Waals surface area contributed by atoms with Crippen LogP contribution in [0.3, 0.4) is 0 Å². The zero-order valence-corrected chi connectivity index (χ0v) is 8.72. The monoisotopic (exact) mass is 238 g/mol. The minimum absolute atomic E-state index is 0.525. The molecule has 0 aromatic rings. The largest absolute Gasteiger partial charge is 0.394 e. The maximum absolute atomic E-state index is 12.2. The van der Waals surface area contributed by atoms with Gasteiger partial charge in [0.2, 0.25) is 9.05 Å². The highest BCUT2D eigenvalue weighted by atomic mass is 35.7. The first-order valence-electron chi connectivity index (χ1n) is 3.45. The summed E-state index contributed by atoms with van der Waals surface area (Å²) < 4.78 is 57.3. The van der Waals surface area contributed by atoms with Crippen LogP contribution < -0.4 is 0 Å². The van der Waals surface area contributed by atoms with E-state index in [4.69, 9.17) is 10.7 Å². The normalized spacial score (nSPS) is 14.6. The second-order valence-electron chi connectivity index (χ2n) is 3.37. The minimum atomic E-state index is -4.41. The molecule has 7 heteroatoms. The molecule has 0 saturated heterocycles. The summed E-state index contributed by atoms with van der Waals surface area (Å²) >= 11 is 0. The topological polar surface area (TPSA) is 34.1 Å². The van der Waals surface area contributed by atoms with Crippen LogP contribution in [0.25, 0.3) is 0 Å². The molecule has 0 N–H and O–H groups in total. The molecular weight excluding hydrogens is 229 g/mol. The highest BCUT2D eigenvalue weighted by Gasteiger charge is 2.47. The van der Waals surface area contributed by atoms with Crippen molar-refractivity contribution >= 4 is 19.7 Å². The Morgan fingerprint density at radius 3 is 1.85 bits per heavy atom. The van der Waals surface area contributed by atoms with Gasteiger partial charge in [-0.3, -0.25) is 0 Å². The van der Waals surface area contributed by atoms with E-state index in [9.17, 15) is 21.6 Å². The molecule has 0 spiro atoms. The Bertz CT molecular complexity index is 268. The van der Waals surface area contributed by atoms with Crippen LogP contribution in [0.1, 0.15) is 20.3 Å². The summed E-state index contributed by atoms with van der Waals surface area (Å²) in [5.41, 5.74) is -2.02. The Morgan fingerprint density at radius 2 is 1.62 bits per heavy atom. The first-order valence-corrected chi connectivity index (χ1v) is 5.93. The van der Waals surface area contributed by atoms with E-state index in [0.717, 1.165) is 13.8 Å². The summed E-state index contributed by atoms with van der Waals surface area (Å²) in [5.74, 6) is -0.666. The van der Waals surface area contributed by atoms with Gasteiger partial charge in [0.1, 0.15) is 0 Å². The van der Waals surface area contributed by atoms with Gasteiger partial charge in [0.25, 0.3) is 0 Å². The standard InChI is InChI=1S/C6H10ClF3O2S/c1-5(2,6(8,9)10)3-4-13(7,11)12/h3-4H2,1-2H3. The third-order valence-corrected chi connectivity index (χ3v) is 2.89. The third-order valence-electron chi connectivity index (χ3n) is 1.74. The quantitative estimate of drug-likeness (QED) is 0.708.